The van der Waals surface area contributed by atoms with E-state index in [0.29, 0.717) is 5.69 Å². The zero-order valence-electron chi connectivity index (χ0n) is 9.47. The zero-order valence-corrected chi connectivity index (χ0v) is 10.2. The van der Waals surface area contributed by atoms with Gasteiger partial charge in [-0.25, -0.2) is 0 Å². The number of nitrogens with two attached hydrogens (primary N) is 1. The molecule has 0 aromatic heterocycles. The minimum Gasteiger partial charge on any atom is -0.398 e. The lowest BCUT2D eigenvalue weighted by Gasteiger charge is -2.41. The van der Waals surface area contributed by atoms with E-state index in [1.54, 1.807) is 0 Å². The average Bonchev–Trinajstić information content (AvgIpc) is 2.15. The number of nitrogen functional groups attached to an aromatic ring is 1. The Balaban J connectivity index is 2.50. The van der Waals surface area contributed by atoms with Crippen molar-refractivity contribution in [3.05, 3.63) is 28.3 Å². The van der Waals surface area contributed by atoms with Gasteiger partial charge in [0.15, 0.2) is 0 Å². The highest BCUT2D eigenvalue weighted by molar-refractivity contribution is 6.34. The summed E-state index contributed by atoms with van der Waals surface area (Å²) in [5.74, 6) is 0. The molecule has 0 saturated carbocycles. The van der Waals surface area contributed by atoms with Gasteiger partial charge < -0.3 is 5.73 Å². The van der Waals surface area contributed by atoms with Crippen LogP contribution < -0.4 is 5.73 Å². The number of benzene rings is 1. The second-order valence-electron chi connectivity index (χ2n) is 4.95. The van der Waals surface area contributed by atoms with Crippen LogP contribution in [0.1, 0.15) is 25.0 Å². The van der Waals surface area contributed by atoms with E-state index in [4.69, 9.17) is 17.3 Å². The third-order valence-corrected chi connectivity index (χ3v) is 3.87. The minimum atomic E-state index is 0.201. The molecule has 0 bridgehead atoms. The van der Waals surface area contributed by atoms with Crippen LogP contribution in [0.15, 0.2) is 12.1 Å². The summed E-state index contributed by atoms with van der Waals surface area (Å²) in [4.78, 5) is 2.32. The average molecular weight is 225 g/mol. The van der Waals surface area contributed by atoms with Gasteiger partial charge in [-0.15, -0.1) is 0 Å². The fourth-order valence-corrected chi connectivity index (χ4v) is 2.31. The summed E-state index contributed by atoms with van der Waals surface area (Å²) in [6.07, 6.45) is 1.03. The van der Waals surface area contributed by atoms with Crippen molar-refractivity contribution in [2.45, 2.75) is 32.4 Å². The van der Waals surface area contributed by atoms with Crippen molar-refractivity contribution in [3.8, 4) is 0 Å². The molecule has 0 spiro atoms. The van der Waals surface area contributed by atoms with E-state index in [1.165, 1.54) is 11.1 Å². The van der Waals surface area contributed by atoms with Crippen LogP contribution in [0, 0.1) is 0 Å². The lowest BCUT2D eigenvalue weighted by molar-refractivity contribution is 0.133. The molecule has 1 aliphatic heterocycles. The molecular weight excluding hydrogens is 208 g/mol. The monoisotopic (exact) mass is 224 g/mol. The van der Waals surface area contributed by atoms with Crippen molar-refractivity contribution in [3.63, 3.8) is 0 Å². The number of hydrogen-bond acceptors (Lipinski definition) is 2. The van der Waals surface area contributed by atoms with Crippen LogP contribution in [0.3, 0.4) is 0 Å². The van der Waals surface area contributed by atoms with Crippen molar-refractivity contribution in [2.24, 2.45) is 0 Å². The fraction of sp³-hybridized carbons (Fsp3) is 0.500. The number of anilines is 1. The first-order chi connectivity index (χ1) is 6.92. The standard InChI is InChI=1S/C12H17ClN2/c1-12(2)6-8-4-5-10(14)11(13)9(8)7-15(12)3/h4-5H,6-7,14H2,1-3H3. The maximum Gasteiger partial charge on any atom is 0.0683 e. The smallest absolute Gasteiger partial charge is 0.0683 e. The van der Waals surface area contributed by atoms with E-state index < -0.39 is 0 Å². The second-order valence-corrected chi connectivity index (χ2v) is 5.33. The van der Waals surface area contributed by atoms with Crippen LogP contribution in [-0.2, 0) is 13.0 Å². The quantitative estimate of drug-likeness (QED) is 0.687. The van der Waals surface area contributed by atoms with Gasteiger partial charge in [0.1, 0.15) is 0 Å². The Hall–Kier alpha value is -0.730. The summed E-state index contributed by atoms with van der Waals surface area (Å²) >= 11 is 6.22. The molecule has 1 heterocycles. The summed E-state index contributed by atoms with van der Waals surface area (Å²) in [7, 11) is 2.13. The van der Waals surface area contributed by atoms with E-state index in [2.05, 4.69) is 31.9 Å². The van der Waals surface area contributed by atoms with Gasteiger partial charge in [0.25, 0.3) is 0 Å². The molecule has 1 aromatic carbocycles. The van der Waals surface area contributed by atoms with Crippen LogP contribution in [0.4, 0.5) is 5.69 Å². The van der Waals surface area contributed by atoms with Crippen LogP contribution in [0.5, 0.6) is 0 Å². The van der Waals surface area contributed by atoms with E-state index in [0.717, 1.165) is 18.0 Å². The number of nitrogens with zero attached hydrogens (tertiary/aromatic N) is 1. The summed E-state index contributed by atoms with van der Waals surface area (Å²) in [5.41, 5.74) is 9.22. The Labute approximate surface area is 96.0 Å². The molecule has 0 saturated heterocycles. The first-order valence-electron chi connectivity index (χ1n) is 5.19. The molecule has 0 atom stereocenters. The van der Waals surface area contributed by atoms with Gasteiger partial charge in [-0.05, 0) is 44.5 Å². The molecule has 82 valence electrons. The van der Waals surface area contributed by atoms with Crippen molar-refractivity contribution in [1.29, 1.82) is 0 Å². The van der Waals surface area contributed by atoms with Crippen LogP contribution in [0.25, 0.3) is 0 Å². The molecule has 0 aliphatic carbocycles. The molecule has 1 aromatic rings. The SMILES string of the molecule is CN1Cc2c(ccc(N)c2Cl)CC1(C)C. The number of hydrogen-bond donors (Lipinski definition) is 1. The van der Waals surface area contributed by atoms with E-state index in [9.17, 15) is 0 Å². The van der Waals surface area contributed by atoms with Gasteiger partial charge in [0.05, 0.1) is 10.7 Å². The van der Waals surface area contributed by atoms with Gasteiger partial charge in [0, 0.05) is 12.1 Å². The zero-order chi connectivity index (χ0) is 11.2. The first-order valence-corrected chi connectivity index (χ1v) is 5.56. The normalized spacial score (nSPS) is 20.0. The lowest BCUT2D eigenvalue weighted by Crippen LogP contribution is -2.45. The molecule has 1 aliphatic rings. The molecule has 0 fully saturated rings. The van der Waals surface area contributed by atoms with E-state index >= 15 is 0 Å². The van der Waals surface area contributed by atoms with Gasteiger partial charge in [-0.2, -0.15) is 0 Å². The Bertz CT molecular complexity index is 399. The highest BCUT2D eigenvalue weighted by Crippen LogP contribution is 2.35. The summed E-state index contributed by atoms with van der Waals surface area (Å²) in [5, 5.41) is 0.731. The van der Waals surface area contributed by atoms with Crippen LogP contribution in [-0.4, -0.2) is 17.5 Å². The highest BCUT2D eigenvalue weighted by atomic mass is 35.5. The number of fused-ring (bicyclic) bond motifs is 1. The fourth-order valence-electron chi connectivity index (χ4n) is 2.07. The van der Waals surface area contributed by atoms with Gasteiger partial charge in [-0.3, -0.25) is 4.90 Å². The molecule has 2 rings (SSSR count). The van der Waals surface area contributed by atoms with E-state index in [-0.39, 0.29) is 5.54 Å². The van der Waals surface area contributed by atoms with Crippen molar-refractivity contribution in [1.82, 2.24) is 4.90 Å². The molecule has 15 heavy (non-hydrogen) atoms. The Morgan fingerprint density at radius 3 is 2.73 bits per heavy atom. The highest BCUT2D eigenvalue weighted by Gasteiger charge is 2.31. The molecule has 0 radical (unpaired) electrons. The van der Waals surface area contributed by atoms with Crippen LogP contribution in [0.2, 0.25) is 5.02 Å². The van der Waals surface area contributed by atoms with E-state index in [1.807, 2.05) is 6.07 Å². The van der Waals surface area contributed by atoms with Crippen LogP contribution >= 0.6 is 11.6 Å². The number of rotatable bonds is 0. The molecular formula is C12H17ClN2. The van der Waals surface area contributed by atoms with Gasteiger partial charge >= 0.3 is 0 Å². The third-order valence-electron chi connectivity index (χ3n) is 3.42. The lowest BCUT2D eigenvalue weighted by atomic mass is 9.86. The molecule has 2 nitrogen and oxygen atoms in total. The van der Waals surface area contributed by atoms with Crippen molar-refractivity contribution < 1.29 is 0 Å². The predicted molar refractivity (Wildman–Crippen MR) is 65.1 cm³/mol. The maximum absolute atomic E-state index is 6.22. The summed E-state index contributed by atoms with van der Waals surface area (Å²) in [6, 6.07) is 4.01. The molecule has 0 amide bonds. The first kappa shape index (κ1) is 10.8. The Kier molecular flexibility index (Phi) is 2.44. The number of likely N-dealkylation sites (N-methyl/N-ethyl adjacent to an activating group) is 1. The minimum absolute atomic E-state index is 0.201. The predicted octanol–water partition coefficient (Wildman–Crippen LogP) is 2.69. The Morgan fingerprint density at radius 2 is 2.07 bits per heavy atom. The van der Waals surface area contributed by atoms with Crippen molar-refractivity contribution in [2.75, 3.05) is 12.8 Å². The molecule has 2 N–H and O–H groups in total. The Morgan fingerprint density at radius 1 is 1.40 bits per heavy atom. The molecule has 0 unspecified atom stereocenters. The number of halogens is 1. The van der Waals surface area contributed by atoms with Gasteiger partial charge in [-0.1, -0.05) is 17.7 Å². The maximum atomic E-state index is 6.22. The second kappa shape index (κ2) is 3.39. The third kappa shape index (κ3) is 1.72. The largest absolute Gasteiger partial charge is 0.398 e. The topological polar surface area (TPSA) is 29.3 Å². The summed E-state index contributed by atoms with van der Waals surface area (Å²) < 4.78 is 0. The molecule has 3 heteroatoms. The van der Waals surface area contributed by atoms with Gasteiger partial charge in [0.2, 0.25) is 0 Å². The van der Waals surface area contributed by atoms with Crippen molar-refractivity contribution >= 4 is 17.3 Å². The summed E-state index contributed by atoms with van der Waals surface area (Å²) in [6.45, 7) is 5.38.